The fourth-order valence-electron chi connectivity index (χ4n) is 1.93. The summed E-state index contributed by atoms with van der Waals surface area (Å²) in [6, 6.07) is 6.94. The molecule has 1 unspecified atom stereocenters. The van der Waals surface area contributed by atoms with Gasteiger partial charge in [0.25, 0.3) is 0 Å². The van der Waals surface area contributed by atoms with Crippen molar-refractivity contribution < 1.29 is 0 Å². The number of rotatable bonds is 1. The van der Waals surface area contributed by atoms with Crippen LogP contribution < -0.4 is 5.43 Å². The fourth-order valence-corrected chi connectivity index (χ4v) is 2.85. The van der Waals surface area contributed by atoms with E-state index in [4.69, 9.17) is 0 Å². The molecule has 0 saturated heterocycles. The largest absolute Gasteiger partial charge is 0.314 e. The lowest BCUT2D eigenvalue weighted by Gasteiger charge is -2.25. The van der Waals surface area contributed by atoms with Crippen LogP contribution in [0.4, 0.5) is 0 Å². The number of aromatic nitrogens is 3. The van der Waals surface area contributed by atoms with Crippen LogP contribution in [0.5, 0.6) is 0 Å². The summed E-state index contributed by atoms with van der Waals surface area (Å²) in [4.78, 5) is 0. The van der Waals surface area contributed by atoms with E-state index < -0.39 is 0 Å². The molecule has 2 aromatic rings. The van der Waals surface area contributed by atoms with E-state index in [0.717, 1.165) is 10.9 Å². The number of nitrogens with zero attached hydrogens (tertiary/aromatic N) is 3. The number of fused-ring (bicyclic) bond motifs is 1. The molecule has 3 rings (SSSR count). The molecule has 0 aliphatic carbocycles. The lowest BCUT2D eigenvalue weighted by atomic mass is 10.0. The highest BCUT2D eigenvalue weighted by Gasteiger charge is 2.20. The lowest BCUT2D eigenvalue weighted by Crippen LogP contribution is -2.27. The zero-order valence-corrected chi connectivity index (χ0v) is 10.7. The molecular formula is C12H14N4S. The average molecular weight is 246 g/mol. The predicted molar refractivity (Wildman–Crippen MR) is 68.8 cm³/mol. The zero-order chi connectivity index (χ0) is 11.8. The van der Waals surface area contributed by atoms with Crippen molar-refractivity contribution in [3.8, 4) is 0 Å². The van der Waals surface area contributed by atoms with Gasteiger partial charge < -0.3 is 5.43 Å². The van der Waals surface area contributed by atoms with Gasteiger partial charge in [0.15, 0.2) is 0 Å². The Hall–Kier alpha value is -1.49. The number of hydrogen-bond acceptors (Lipinski definition) is 4. The highest BCUT2D eigenvalue weighted by Crippen LogP contribution is 2.29. The maximum Gasteiger partial charge on any atom is 0.209 e. The molecule has 1 aromatic heterocycles. The third kappa shape index (κ3) is 1.91. The summed E-state index contributed by atoms with van der Waals surface area (Å²) in [6.45, 7) is 4.29. The van der Waals surface area contributed by atoms with Gasteiger partial charge in [-0.05, 0) is 30.5 Å². The average Bonchev–Trinajstić information content (AvgIpc) is 2.79. The third-order valence-corrected chi connectivity index (χ3v) is 4.16. The second kappa shape index (κ2) is 4.07. The first-order valence-corrected chi connectivity index (χ1v) is 6.59. The molecule has 4 nitrogen and oxygen atoms in total. The van der Waals surface area contributed by atoms with E-state index >= 15 is 0 Å². The number of aryl methyl sites for hydroxylation is 2. The van der Waals surface area contributed by atoms with Crippen LogP contribution in [0, 0.1) is 13.8 Å². The monoisotopic (exact) mass is 246 g/mol. The molecular weight excluding hydrogens is 232 g/mol. The van der Waals surface area contributed by atoms with E-state index in [1.54, 1.807) is 18.1 Å². The maximum atomic E-state index is 4.03. The van der Waals surface area contributed by atoms with Gasteiger partial charge >= 0.3 is 0 Å². The van der Waals surface area contributed by atoms with Crippen LogP contribution in [-0.4, -0.2) is 20.6 Å². The van der Waals surface area contributed by atoms with Crippen LogP contribution in [0.1, 0.15) is 22.7 Å². The second-order valence-electron chi connectivity index (χ2n) is 4.32. The molecule has 0 bridgehead atoms. The minimum absolute atomic E-state index is 0.322. The Balaban J connectivity index is 1.89. The van der Waals surface area contributed by atoms with Crippen LogP contribution >= 0.6 is 11.8 Å². The van der Waals surface area contributed by atoms with Crippen molar-refractivity contribution in [2.75, 3.05) is 11.2 Å². The van der Waals surface area contributed by atoms with Crippen LogP contribution in [0.15, 0.2) is 29.7 Å². The quantitative estimate of drug-likeness (QED) is 0.838. The van der Waals surface area contributed by atoms with E-state index in [0.29, 0.717) is 6.04 Å². The lowest BCUT2D eigenvalue weighted by molar-refractivity contribution is 0.658. The van der Waals surface area contributed by atoms with Crippen LogP contribution in [0.25, 0.3) is 0 Å². The Bertz CT molecular complexity index is 549. The Morgan fingerprint density at radius 1 is 1.35 bits per heavy atom. The number of nitrogens with one attached hydrogen (secondary N) is 1. The Labute approximate surface area is 104 Å². The SMILES string of the molecule is Cc1ccc(C2CSc3nncn3N2)cc1C. The van der Waals surface area contributed by atoms with E-state index in [9.17, 15) is 0 Å². The number of thioether (sulfide) groups is 1. The molecule has 1 aromatic carbocycles. The molecule has 5 heteroatoms. The molecule has 17 heavy (non-hydrogen) atoms. The molecule has 2 heterocycles. The predicted octanol–water partition coefficient (Wildman–Crippen LogP) is 2.29. The van der Waals surface area contributed by atoms with Crippen LogP contribution in [-0.2, 0) is 0 Å². The first-order valence-electron chi connectivity index (χ1n) is 5.60. The fraction of sp³-hybridized carbons (Fsp3) is 0.333. The van der Waals surface area contributed by atoms with Crippen LogP contribution in [0.3, 0.4) is 0 Å². The summed E-state index contributed by atoms with van der Waals surface area (Å²) >= 11 is 1.74. The van der Waals surface area contributed by atoms with Gasteiger partial charge in [0.2, 0.25) is 5.16 Å². The molecule has 0 spiro atoms. The molecule has 0 saturated carbocycles. The van der Waals surface area contributed by atoms with Gasteiger partial charge in [0.1, 0.15) is 6.33 Å². The van der Waals surface area contributed by atoms with E-state index in [2.05, 4.69) is 47.7 Å². The Morgan fingerprint density at radius 3 is 3.06 bits per heavy atom. The van der Waals surface area contributed by atoms with Crippen molar-refractivity contribution in [2.24, 2.45) is 0 Å². The van der Waals surface area contributed by atoms with Crippen molar-refractivity contribution >= 4 is 11.8 Å². The second-order valence-corrected chi connectivity index (χ2v) is 5.31. The van der Waals surface area contributed by atoms with Gasteiger partial charge in [0.05, 0.1) is 6.04 Å². The molecule has 1 aliphatic rings. The normalized spacial score (nSPS) is 18.6. The summed E-state index contributed by atoms with van der Waals surface area (Å²) in [6.07, 6.45) is 1.72. The summed E-state index contributed by atoms with van der Waals surface area (Å²) in [5.41, 5.74) is 7.40. The van der Waals surface area contributed by atoms with E-state index in [1.807, 2.05) is 4.68 Å². The summed E-state index contributed by atoms with van der Waals surface area (Å²) < 4.78 is 1.90. The van der Waals surface area contributed by atoms with E-state index in [1.165, 1.54) is 16.7 Å². The Kier molecular flexibility index (Phi) is 2.55. The van der Waals surface area contributed by atoms with Crippen molar-refractivity contribution in [2.45, 2.75) is 25.0 Å². The smallest absolute Gasteiger partial charge is 0.209 e. The summed E-state index contributed by atoms with van der Waals surface area (Å²) in [5.74, 6) is 0.987. The molecule has 1 aliphatic heterocycles. The molecule has 88 valence electrons. The maximum absolute atomic E-state index is 4.03. The summed E-state index contributed by atoms with van der Waals surface area (Å²) in [5, 5.41) is 8.86. The molecule has 0 radical (unpaired) electrons. The minimum Gasteiger partial charge on any atom is -0.314 e. The van der Waals surface area contributed by atoms with Crippen molar-refractivity contribution in [3.05, 3.63) is 41.2 Å². The number of benzene rings is 1. The van der Waals surface area contributed by atoms with Gasteiger partial charge in [-0.2, -0.15) is 0 Å². The Morgan fingerprint density at radius 2 is 2.24 bits per heavy atom. The number of hydrogen-bond donors (Lipinski definition) is 1. The van der Waals surface area contributed by atoms with E-state index in [-0.39, 0.29) is 0 Å². The first-order chi connectivity index (χ1) is 8.24. The van der Waals surface area contributed by atoms with Gasteiger partial charge in [-0.25, -0.2) is 4.68 Å². The van der Waals surface area contributed by atoms with Gasteiger partial charge in [-0.1, -0.05) is 30.0 Å². The molecule has 0 fully saturated rings. The van der Waals surface area contributed by atoms with Gasteiger partial charge in [-0.3, -0.25) is 0 Å². The first kappa shape index (κ1) is 10.7. The van der Waals surface area contributed by atoms with Crippen molar-refractivity contribution in [1.82, 2.24) is 14.9 Å². The zero-order valence-electron chi connectivity index (χ0n) is 9.84. The van der Waals surface area contributed by atoms with Crippen LogP contribution in [0.2, 0.25) is 0 Å². The topological polar surface area (TPSA) is 42.7 Å². The standard InChI is InChI=1S/C12H14N4S/c1-8-3-4-10(5-9(8)2)11-6-17-12-14-13-7-16(12)15-11/h3-5,7,11,15H,6H2,1-2H3. The highest BCUT2D eigenvalue weighted by atomic mass is 32.2. The molecule has 0 amide bonds. The molecule has 1 N–H and O–H groups in total. The molecule has 1 atom stereocenters. The highest BCUT2D eigenvalue weighted by molar-refractivity contribution is 7.99. The van der Waals surface area contributed by atoms with Crippen molar-refractivity contribution in [3.63, 3.8) is 0 Å². The van der Waals surface area contributed by atoms with Gasteiger partial charge in [-0.15, -0.1) is 10.2 Å². The summed E-state index contributed by atoms with van der Waals surface area (Å²) in [7, 11) is 0. The third-order valence-electron chi connectivity index (χ3n) is 3.12. The minimum atomic E-state index is 0.322. The van der Waals surface area contributed by atoms with Gasteiger partial charge in [0, 0.05) is 5.75 Å². The van der Waals surface area contributed by atoms with Crippen molar-refractivity contribution in [1.29, 1.82) is 0 Å².